The molecule has 0 bridgehead atoms. The van der Waals surface area contributed by atoms with Crippen molar-refractivity contribution in [2.45, 2.75) is 17.5 Å². The second kappa shape index (κ2) is 8.91. The number of carboxylic acids is 1. The number of benzene rings is 3. The summed E-state index contributed by atoms with van der Waals surface area (Å²) in [5.41, 5.74) is 1.78. The van der Waals surface area contributed by atoms with Gasteiger partial charge in [0.2, 0.25) is 10.0 Å². The number of carbonyl (C=O) groups is 1. The molecule has 1 unspecified atom stereocenters. The molecule has 0 radical (unpaired) electrons. The zero-order chi connectivity index (χ0) is 22.9. The average molecular weight is 472 g/mol. The number of aromatic nitrogens is 1. The number of carboxylic acid groups (broad SMARTS) is 1. The first-order valence-electron chi connectivity index (χ1n) is 9.87. The maximum atomic E-state index is 13.0. The molecule has 0 saturated heterocycles. The molecular weight excluding hydrogens is 452 g/mol. The number of sulfonamides is 1. The maximum absolute atomic E-state index is 13.0. The summed E-state index contributed by atoms with van der Waals surface area (Å²) < 4.78 is 28.6. The number of para-hydroxylation sites is 2. The van der Waals surface area contributed by atoms with Gasteiger partial charge < -0.3 is 19.6 Å². The molecule has 1 aromatic heterocycles. The summed E-state index contributed by atoms with van der Waals surface area (Å²) in [5, 5.41) is 24.4. The number of rotatable bonds is 8. The largest absolute Gasteiger partial charge is 0.549 e. The minimum absolute atomic E-state index is 0.0771. The number of aliphatic hydroxyl groups excluding tert-OH is 1. The third kappa shape index (κ3) is 4.35. The Morgan fingerprint density at radius 2 is 1.50 bits per heavy atom. The van der Waals surface area contributed by atoms with Crippen molar-refractivity contribution in [1.82, 2.24) is 8.87 Å². The molecule has 1 heterocycles. The van der Waals surface area contributed by atoms with Crippen molar-refractivity contribution in [2.75, 3.05) is 13.1 Å². The number of halogens is 1. The summed E-state index contributed by atoms with van der Waals surface area (Å²) in [6.45, 7) is -1.22. The van der Waals surface area contributed by atoms with E-state index in [0.717, 1.165) is 21.8 Å². The highest BCUT2D eigenvalue weighted by Gasteiger charge is 2.27. The maximum Gasteiger partial charge on any atom is 0.243 e. The molecule has 1 N–H and O–H groups in total. The van der Waals surface area contributed by atoms with Gasteiger partial charge >= 0.3 is 0 Å². The molecule has 9 heteroatoms. The number of aliphatic carboxylic acids is 1. The number of nitrogens with zero attached hydrogens (tertiary/aromatic N) is 2. The molecule has 0 fully saturated rings. The van der Waals surface area contributed by atoms with Crippen molar-refractivity contribution < 1.29 is 23.4 Å². The van der Waals surface area contributed by atoms with Gasteiger partial charge in [-0.2, -0.15) is 4.31 Å². The van der Waals surface area contributed by atoms with Crippen LogP contribution < -0.4 is 5.11 Å². The summed E-state index contributed by atoms with van der Waals surface area (Å²) in [6.07, 6.45) is -1.17. The summed E-state index contributed by atoms with van der Waals surface area (Å²) in [4.78, 5) is 11.1. The minimum Gasteiger partial charge on any atom is -0.549 e. The Labute approximate surface area is 190 Å². The van der Waals surface area contributed by atoms with E-state index in [1.54, 1.807) is 0 Å². The van der Waals surface area contributed by atoms with Gasteiger partial charge in [-0.25, -0.2) is 8.42 Å². The minimum atomic E-state index is -4.19. The zero-order valence-corrected chi connectivity index (χ0v) is 18.5. The van der Waals surface area contributed by atoms with E-state index < -0.39 is 35.2 Å². The molecule has 166 valence electrons. The molecule has 0 amide bonds. The van der Waals surface area contributed by atoms with Gasteiger partial charge in [0.1, 0.15) is 0 Å². The average Bonchev–Trinajstić information content (AvgIpc) is 3.07. The molecule has 0 spiro atoms. The Hall–Kier alpha value is -2.91. The van der Waals surface area contributed by atoms with Crippen LogP contribution >= 0.6 is 11.6 Å². The van der Waals surface area contributed by atoms with Crippen molar-refractivity contribution in [1.29, 1.82) is 0 Å². The summed E-state index contributed by atoms with van der Waals surface area (Å²) in [5.74, 6) is -1.56. The highest BCUT2D eigenvalue weighted by Crippen LogP contribution is 2.29. The molecule has 7 nitrogen and oxygen atoms in total. The number of hydrogen-bond acceptors (Lipinski definition) is 5. The van der Waals surface area contributed by atoms with Crippen LogP contribution in [0.1, 0.15) is 0 Å². The van der Waals surface area contributed by atoms with Gasteiger partial charge in [-0.1, -0.05) is 48.0 Å². The van der Waals surface area contributed by atoms with Gasteiger partial charge in [-0.05, 0) is 36.4 Å². The molecule has 4 rings (SSSR count). The first kappa shape index (κ1) is 22.3. The fourth-order valence-corrected chi connectivity index (χ4v) is 5.40. The Kier molecular flexibility index (Phi) is 6.21. The lowest BCUT2D eigenvalue weighted by Gasteiger charge is -2.25. The highest BCUT2D eigenvalue weighted by atomic mass is 35.5. The van der Waals surface area contributed by atoms with Crippen LogP contribution in [0, 0.1) is 0 Å². The number of fused-ring (bicyclic) bond motifs is 3. The summed E-state index contributed by atoms with van der Waals surface area (Å²) in [6, 6.07) is 20.8. The number of hydrogen-bond donors (Lipinski definition) is 1. The lowest BCUT2D eigenvalue weighted by atomic mass is 10.2. The van der Waals surface area contributed by atoms with Crippen LogP contribution in [-0.2, 0) is 21.4 Å². The van der Waals surface area contributed by atoms with E-state index in [9.17, 15) is 23.4 Å². The van der Waals surface area contributed by atoms with Gasteiger partial charge in [-0.3, -0.25) is 0 Å². The molecule has 32 heavy (non-hydrogen) atoms. The number of carbonyl (C=O) groups excluding carboxylic acids is 1. The van der Waals surface area contributed by atoms with E-state index in [2.05, 4.69) is 0 Å². The Bertz CT molecular complexity index is 1330. The number of aliphatic hydroxyl groups is 1. The standard InChI is InChI=1S/C23H21ClN2O5S/c24-16-9-11-18(12-10-16)32(30,31)25(15-23(28)29)13-17(27)14-26-21-7-3-1-5-19(21)20-6-2-4-8-22(20)26/h1-12,17,27H,13-15H2,(H,28,29)/p-1. The second-order valence-electron chi connectivity index (χ2n) is 7.42. The Morgan fingerprint density at radius 1 is 0.969 bits per heavy atom. The lowest BCUT2D eigenvalue weighted by molar-refractivity contribution is -0.305. The molecule has 0 aliphatic rings. The van der Waals surface area contributed by atoms with Crippen LogP contribution in [0.3, 0.4) is 0 Å². The van der Waals surface area contributed by atoms with Gasteiger partial charge in [0.25, 0.3) is 0 Å². The first-order valence-corrected chi connectivity index (χ1v) is 11.7. The van der Waals surface area contributed by atoms with Crippen LogP contribution in [0.4, 0.5) is 0 Å². The van der Waals surface area contributed by atoms with E-state index in [1.807, 2.05) is 53.1 Å². The predicted molar refractivity (Wildman–Crippen MR) is 121 cm³/mol. The third-order valence-corrected chi connectivity index (χ3v) is 7.32. The van der Waals surface area contributed by atoms with Gasteiger partial charge in [-0.15, -0.1) is 0 Å². The Morgan fingerprint density at radius 3 is 2.03 bits per heavy atom. The van der Waals surface area contributed by atoms with Crippen molar-refractivity contribution in [3.05, 3.63) is 77.8 Å². The van der Waals surface area contributed by atoms with Gasteiger partial charge in [0.05, 0.1) is 30.1 Å². The zero-order valence-electron chi connectivity index (χ0n) is 16.9. The fourth-order valence-electron chi connectivity index (χ4n) is 3.85. The van der Waals surface area contributed by atoms with Gasteiger partial charge in [0.15, 0.2) is 0 Å². The van der Waals surface area contributed by atoms with Crippen LogP contribution in [0.25, 0.3) is 21.8 Å². The van der Waals surface area contributed by atoms with E-state index >= 15 is 0 Å². The molecule has 0 aliphatic heterocycles. The first-order chi connectivity index (χ1) is 15.3. The van der Waals surface area contributed by atoms with Crippen LogP contribution in [-0.4, -0.2) is 47.6 Å². The fraction of sp³-hybridized carbons (Fsp3) is 0.174. The van der Waals surface area contributed by atoms with E-state index in [1.165, 1.54) is 24.3 Å². The molecule has 0 aliphatic carbocycles. The SMILES string of the molecule is O=C([O-])CN(CC(O)Cn1c2ccccc2c2ccccc21)S(=O)(=O)c1ccc(Cl)cc1. The highest BCUT2D eigenvalue weighted by molar-refractivity contribution is 7.89. The van der Waals surface area contributed by atoms with E-state index in [-0.39, 0.29) is 11.4 Å². The topological polar surface area (TPSA) is 103 Å². The van der Waals surface area contributed by atoms with Gasteiger partial charge in [0, 0.05) is 33.4 Å². The summed E-state index contributed by atoms with van der Waals surface area (Å²) >= 11 is 5.83. The van der Waals surface area contributed by atoms with Crippen molar-refractivity contribution in [3.8, 4) is 0 Å². The monoisotopic (exact) mass is 471 g/mol. The normalized spacial score (nSPS) is 13.1. The molecule has 1 atom stereocenters. The molecule has 0 saturated carbocycles. The predicted octanol–water partition coefficient (Wildman–Crippen LogP) is 2.25. The molecule has 4 aromatic rings. The molecular formula is C23H20ClN2O5S-. The Balaban J connectivity index is 1.65. The second-order valence-corrected chi connectivity index (χ2v) is 9.80. The van der Waals surface area contributed by atoms with Crippen molar-refractivity contribution in [2.24, 2.45) is 0 Å². The van der Waals surface area contributed by atoms with Crippen molar-refractivity contribution in [3.63, 3.8) is 0 Å². The quantitative estimate of drug-likeness (QED) is 0.424. The third-order valence-electron chi connectivity index (χ3n) is 5.24. The van der Waals surface area contributed by atoms with E-state index in [4.69, 9.17) is 11.6 Å². The van der Waals surface area contributed by atoms with Crippen molar-refractivity contribution >= 4 is 49.4 Å². The lowest BCUT2D eigenvalue weighted by Crippen LogP contribution is -2.45. The van der Waals surface area contributed by atoms with Crippen LogP contribution in [0.5, 0.6) is 0 Å². The molecule has 3 aromatic carbocycles. The van der Waals surface area contributed by atoms with E-state index in [0.29, 0.717) is 9.33 Å². The van der Waals surface area contributed by atoms with Crippen LogP contribution in [0.15, 0.2) is 77.7 Å². The smallest absolute Gasteiger partial charge is 0.243 e. The summed E-state index contributed by atoms with van der Waals surface area (Å²) in [7, 11) is -4.19. The van der Waals surface area contributed by atoms with Crippen LogP contribution in [0.2, 0.25) is 5.02 Å².